The van der Waals surface area contributed by atoms with Gasteiger partial charge in [-0.3, -0.25) is 0 Å². The quantitative estimate of drug-likeness (QED) is 0.586. The van der Waals surface area contributed by atoms with Crippen molar-refractivity contribution >= 4 is 11.6 Å². The molecule has 20 heavy (non-hydrogen) atoms. The van der Waals surface area contributed by atoms with Crippen LogP contribution in [0.4, 0.5) is 11.6 Å². The molecule has 6 nitrogen and oxygen atoms in total. The zero-order valence-electron chi connectivity index (χ0n) is 11.1. The minimum absolute atomic E-state index is 0.0160. The molecule has 5 N–H and O–H groups in total. The zero-order chi connectivity index (χ0) is 14.4. The van der Waals surface area contributed by atoms with Gasteiger partial charge < -0.3 is 21.3 Å². The lowest BCUT2D eigenvalue weighted by Gasteiger charge is -2.09. The molecular formula is C14H18N4O2. The van der Waals surface area contributed by atoms with Crippen molar-refractivity contribution in [2.45, 2.75) is 13.0 Å². The highest BCUT2D eigenvalue weighted by molar-refractivity contribution is 5.65. The number of hydrogen-bond acceptors (Lipinski definition) is 6. The molecule has 0 aliphatic carbocycles. The van der Waals surface area contributed by atoms with Gasteiger partial charge >= 0.3 is 0 Å². The van der Waals surface area contributed by atoms with Crippen molar-refractivity contribution in [3.05, 3.63) is 36.0 Å². The molecule has 0 saturated heterocycles. The van der Waals surface area contributed by atoms with E-state index in [9.17, 15) is 0 Å². The number of benzene rings is 1. The van der Waals surface area contributed by atoms with E-state index in [0.717, 1.165) is 11.1 Å². The molecule has 0 aliphatic heterocycles. The van der Waals surface area contributed by atoms with Crippen LogP contribution in [0.2, 0.25) is 0 Å². The Morgan fingerprint density at radius 2 is 2.10 bits per heavy atom. The molecule has 0 bridgehead atoms. The first-order chi connectivity index (χ1) is 9.74. The second-order valence-electron chi connectivity index (χ2n) is 4.35. The fraction of sp³-hybridized carbons (Fsp3) is 0.286. The van der Waals surface area contributed by atoms with Gasteiger partial charge in [-0.05, 0) is 18.1 Å². The summed E-state index contributed by atoms with van der Waals surface area (Å²) in [4.78, 5) is 8.55. The van der Waals surface area contributed by atoms with Crippen LogP contribution in [0.1, 0.15) is 12.0 Å². The van der Waals surface area contributed by atoms with Crippen LogP contribution >= 0.6 is 0 Å². The minimum atomic E-state index is -0.0160. The molecule has 0 unspecified atom stereocenters. The monoisotopic (exact) mass is 274 g/mol. The second kappa shape index (κ2) is 6.83. The Labute approximate surface area is 117 Å². The van der Waals surface area contributed by atoms with Gasteiger partial charge in [0, 0.05) is 18.7 Å². The molecule has 0 fully saturated rings. The fourth-order valence-corrected chi connectivity index (χ4v) is 1.78. The van der Waals surface area contributed by atoms with E-state index in [1.165, 1.54) is 0 Å². The highest BCUT2D eigenvalue weighted by Gasteiger charge is 2.06. The van der Waals surface area contributed by atoms with Crippen LogP contribution in [-0.2, 0) is 6.61 Å². The van der Waals surface area contributed by atoms with Crippen molar-refractivity contribution in [1.29, 1.82) is 0 Å². The summed E-state index contributed by atoms with van der Waals surface area (Å²) in [5, 5.41) is 21.0. The maximum absolute atomic E-state index is 9.16. The Bertz CT molecular complexity index is 575. The number of rotatable bonds is 6. The predicted octanol–water partition coefficient (Wildman–Crippen LogP) is 1.01. The zero-order valence-corrected chi connectivity index (χ0v) is 11.1. The number of anilines is 2. The normalized spacial score (nSPS) is 10.5. The lowest BCUT2D eigenvalue weighted by atomic mass is 10.1. The van der Waals surface area contributed by atoms with Gasteiger partial charge in [0.25, 0.3) is 0 Å². The number of aliphatic hydroxyl groups excluding tert-OH is 2. The van der Waals surface area contributed by atoms with Crippen molar-refractivity contribution in [2.75, 3.05) is 24.2 Å². The number of nitrogens with two attached hydrogens (primary N) is 1. The van der Waals surface area contributed by atoms with Crippen LogP contribution in [-0.4, -0.2) is 33.3 Å². The Balaban J connectivity index is 2.25. The van der Waals surface area contributed by atoms with E-state index in [-0.39, 0.29) is 13.2 Å². The molecule has 0 amide bonds. The first-order valence-corrected chi connectivity index (χ1v) is 6.42. The van der Waals surface area contributed by atoms with Crippen LogP contribution in [0.5, 0.6) is 0 Å². The lowest BCUT2D eigenvalue weighted by molar-refractivity contribution is 0.282. The topological polar surface area (TPSA) is 104 Å². The summed E-state index contributed by atoms with van der Waals surface area (Å²) >= 11 is 0. The Hall–Kier alpha value is -2.18. The molecule has 0 atom stereocenters. The molecule has 1 heterocycles. The first kappa shape index (κ1) is 14.2. The van der Waals surface area contributed by atoms with Gasteiger partial charge in [0.15, 0.2) is 11.6 Å². The van der Waals surface area contributed by atoms with E-state index in [2.05, 4.69) is 15.3 Å². The van der Waals surface area contributed by atoms with Crippen molar-refractivity contribution in [2.24, 2.45) is 0 Å². The van der Waals surface area contributed by atoms with Crippen LogP contribution in [0.25, 0.3) is 11.3 Å². The third kappa shape index (κ3) is 3.43. The predicted molar refractivity (Wildman–Crippen MR) is 78.0 cm³/mol. The lowest BCUT2D eigenvalue weighted by Crippen LogP contribution is -2.09. The van der Waals surface area contributed by atoms with Gasteiger partial charge in [0.05, 0.1) is 18.5 Å². The molecule has 2 aromatic rings. The summed E-state index contributed by atoms with van der Waals surface area (Å²) in [6, 6.07) is 7.46. The number of nitrogens with zero attached hydrogens (tertiary/aromatic N) is 2. The van der Waals surface area contributed by atoms with E-state index in [1.807, 2.05) is 24.3 Å². The summed E-state index contributed by atoms with van der Waals surface area (Å²) in [5.74, 6) is 0.829. The van der Waals surface area contributed by atoms with Gasteiger partial charge in [-0.1, -0.05) is 18.2 Å². The summed E-state index contributed by atoms with van der Waals surface area (Å²) < 4.78 is 0. The molecule has 0 radical (unpaired) electrons. The average molecular weight is 274 g/mol. The fourth-order valence-electron chi connectivity index (χ4n) is 1.78. The van der Waals surface area contributed by atoms with Gasteiger partial charge in [0.2, 0.25) is 0 Å². The molecule has 106 valence electrons. The number of nitrogens with one attached hydrogen (secondary N) is 1. The third-order valence-electron chi connectivity index (χ3n) is 2.83. The number of aromatic nitrogens is 2. The van der Waals surface area contributed by atoms with E-state index in [1.54, 1.807) is 6.20 Å². The van der Waals surface area contributed by atoms with Gasteiger partial charge in [-0.15, -0.1) is 0 Å². The van der Waals surface area contributed by atoms with E-state index in [0.29, 0.717) is 30.3 Å². The minimum Gasteiger partial charge on any atom is -0.396 e. The second-order valence-corrected chi connectivity index (χ2v) is 4.35. The summed E-state index contributed by atoms with van der Waals surface area (Å²) in [7, 11) is 0. The summed E-state index contributed by atoms with van der Waals surface area (Å²) in [6.07, 6.45) is 2.22. The van der Waals surface area contributed by atoms with Crippen molar-refractivity contribution in [1.82, 2.24) is 9.97 Å². The third-order valence-corrected chi connectivity index (χ3v) is 2.83. The van der Waals surface area contributed by atoms with Crippen LogP contribution in [0.3, 0.4) is 0 Å². The number of nitrogen functional groups attached to an aromatic ring is 1. The molecule has 6 heteroatoms. The standard InChI is InChI=1S/C14H18N4O2/c15-13-14(16-5-2-6-19)18-12(8-17-13)11-4-1-3-10(7-11)9-20/h1,3-4,7-8,19-20H,2,5-6,9H2,(H2,15,17)(H,16,18). The number of aliphatic hydroxyl groups is 2. The van der Waals surface area contributed by atoms with Crippen LogP contribution in [0, 0.1) is 0 Å². The Morgan fingerprint density at radius 1 is 1.25 bits per heavy atom. The van der Waals surface area contributed by atoms with Crippen LogP contribution in [0.15, 0.2) is 30.5 Å². The molecule has 2 rings (SSSR count). The smallest absolute Gasteiger partial charge is 0.169 e. The maximum Gasteiger partial charge on any atom is 0.169 e. The maximum atomic E-state index is 9.16. The molecule has 0 spiro atoms. The Morgan fingerprint density at radius 3 is 2.85 bits per heavy atom. The van der Waals surface area contributed by atoms with E-state index >= 15 is 0 Å². The van der Waals surface area contributed by atoms with Crippen molar-refractivity contribution in [3.63, 3.8) is 0 Å². The highest BCUT2D eigenvalue weighted by Crippen LogP contribution is 2.22. The van der Waals surface area contributed by atoms with Crippen molar-refractivity contribution in [3.8, 4) is 11.3 Å². The molecule has 1 aromatic carbocycles. The first-order valence-electron chi connectivity index (χ1n) is 6.42. The summed E-state index contributed by atoms with van der Waals surface area (Å²) in [5.41, 5.74) is 8.13. The highest BCUT2D eigenvalue weighted by atomic mass is 16.3. The van der Waals surface area contributed by atoms with Crippen LogP contribution < -0.4 is 11.1 Å². The van der Waals surface area contributed by atoms with Gasteiger partial charge in [-0.2, -0.15) is 0 Å². The molecule has 1 aromatic heterocycles. The molecule has 0 aliphatic rings. The van der Waals surface area contributed by atoms with Crippen molar-refractivity contribution < 1.29 is 10.2 Å². The average Bonchev–Trinajstić information content (AvgIpc) is 2.49. The summed E-state index contributed by atoms with van der Waals surface area (Å²) in [6.45, 7) is 0.673. The van der Waals surface area contributed by atoms with Gasteiger partial charge in [0.1, 0.15) is 0 Å². The van der Waals surface area contributed by atoms with E-state index < -0.39 is 0 Å². The largest absolute Gasteiger partial charge is 0.396 e. The van der Waals surface area contributed by atoms with E-state index in [4.69, 9.17) is 15.9 Å². The Kier molecular flexibility index (Phi) is 4.86. The van der Waals surface area contributed by atoms with Gasteiger partial charge in [-0.25, -0.2) is 9.97 Å². The molecule has 0 saturated carbocycles. The SMILES string of the molecule is Nc1ncc(-c2cccc(CO)c2)nc1NCCCO. The molecular weight excluding hydrogens is 256 g/mol. The number of hydrogen-bond donors (Lipinski definition) is 4.